The van der Waals surface area contributed by atoms with Crippen molar-refractivity contribution < 1.29 is 13.3 Å². The molecule has 0 saturated carbocycles. The molecule has 0 aliphatic heterocycles. The van der Waals surface area contributed by atoms with Crippen molar-refractivity contribution in [3.8, 4) is 22.4 Å². The van der Waals surface area contributed by atoms with Crippen LogP contribution < -0.4 is 5.73 Å². The van der Waals surface area contributed by atoms with Gasteiger partial charge in [0.2, 0.25) is 5.88 Å². The summed E-state index contributed by atoms with van der Waals surface area (Å²) in [6.07, 6.45) is 0. The van der Waals surface area contributed by atoms with Crippen molar-refractivity contribution in [2.45, 2.75) is 0 Å². The molecule has 21 heavy (non-hydrogen) atoms. The molecule has 6 heteroatoms. The van der Waals surface area contributed by atoms with Gasteiger partial charge in [-0.25, -0.2) is 8.78 Å². The van der Waals surface area contributed by atoms with Gasteiger partial charge in [0.1, 0.15) is 17.3 Å². The number of benzene rings is 2. The van der Waals surface area contributed by atoms with Gasteiger partial charge in [-0.2, -0.15) is 0 Å². The van der Waals surface area contributed by atoms with Gasteiger partial charge in [0, 0.05) is 0 Å². The van der Waals surface area contributed by atoms with E-state index in [1.54, 1.807) is 6.07 Å². The van der Waals surface area contributed by atoms with Gasteiger partial charge in [0.05, 0.1) is 16.1 Å². The maximum atomic E-state index is 14.0. The molecule has 0 spiro atoms. The van der Waals surface area contributed by atoms with Gasteiger partial charge in [-0.1, -0.05) is 35.0 Å². The molecule has 1 heterocycles. The predicted molar refractivity (Wildman–Crippen MR) is 76.7 cm³/mol. The van der Waals surface area contributed by atoms with E-state index in [1.807, 2.05) is 0 Å². The third-order valence-corrected chi connectivity index (χ3v) is 3.37. The summed E-state index contributed by atoms with van der Waals surface area (Å²) >= 11 is 6.04. The summed E-state index contributed by atoms with van der Waals surface area (Å²) in [5.41, 5.74) is 6.98. The van der Waals surface area contributed by atoms with E-state index in [0.717, 1.165) is 0 Å². The molecule has 106 valence electrons. The number of hydrogen-bond acceptors (Lipinski definition) is 3. The Labute approximate surface area is 123 Å². The standard InChI is InChI=1S/C15H9ClF2N2O/c16-10-2-1-3-11(18)13(10)14-12(15(19)21-20-14)8-4-6-9(17)7-5-8/h1-7H,19H2. The molecule has 0 aliphatic rings. The number of nitrogens with zero attached hydrogens (tertiary/aromatic N) is 1. The molecule has 0 atom stereocenters. The van der Waals surface area contributed by atoms with Gasteiger partial charge in [-0.3, -0.25) is 0 Å². The SMILES string of the molecule is Nc1onc(-c2c(F)cccc2Cl)c1-c1ccc(F)cc1. The van der Waals surface area contributed by atoms with Gasteiger partial charge in [0.25, 0.3) is 0 Å². The molecule has 3 aromatic rings. The van der Waals surface area contributed by atoms with Gasteiger partial charge < -0.3 is 10.3 Å². The van der Waals surface area contributed by atoms with E-state index >= 15 is 0 Å². The van der Waals surface area contributed by atoms with Gasteiger partial charge in [0.15, 0.2) is 0 Å². The summed E-state index contributed by atoms with van der Waals surface area (Å²) in [7, 11) is 0. The fourth-order valence-corrected chi connectivity index (χ4v) is 2.35. The molecular weight excluding hydrogens is 298 g/mol. The fourth-order valence-electron chi connectivity index (χ4n) is 2.09. The van der Waals surface area contributed by atoms with Gasteiger partial charge in [-0.05, 0) is 29.8 Å². The van der Waals surface area contributed by atoms with Crippen LogP contribution in [0.4, 0.5) is 14.7 Å². The van der Waals surface area contributed by atoms with Crippen molar-refractivity contribution in [2.24, 2.45) is 0 Å². The van der Waals surface area contributed by atoms with Crippen LogP contribution >= 0.6 is 11.6 Å². The first kappa shape index (κ1) is 13.6. The second kappa shape index (κ2) is 5.18. The molecule has 3 nitrogen and oxygen atoms in total. The first-order valence-corrected chi connectivity index (χ1v) is 6.41. The number of aromatic nitrogens is 1. The van der Waals surface area contributed by atoms with E-state index in [2.05, 4.69) is 5.16 Å². The summed E-state index contributed by atoms with van der Waals surface area (Å²) in [6.45, 7) is 0. The molecule has 1 aromatic heterocycles. The van der Waals surface area contributed by atoms with Crippen LogP contribution in [0.5, 0.6) is 0 Å². The quantitative estimate of drug-likeness (QED) is 0.757. The van der Waals surface area contributed by atoms with Crippen molar-refractivity contribution in [3.63, 3.8) is 0 Å². The minimum atomic E-state index is -0.542. The van der Waals surface area contributed by atoms with Crippen molar-refractivity contribution in [3.05, 3.63) is 59.1 Å². The first-order chi connectivity index (χ1) is 10.1. The molecule has 0 bridgehead atoms. The Kier molecular flexibility index (Phi) is 3.35. The molecular formula is C15H9ClF2N2O. The zero-order chi connectivity index (χ0) is 15.0. The molecule has 3 rings (SSSR count). The second-order valence-corrected chi connectivity index (χ2v) is 4.78. The Balaban J connectivity index is 2.24. The number of halogens is 3. The van der Waals surface area contributed by atoms with Crippen LogP contribution in [0.2, 0.25) is 5.02 Å². The molecule has 0 amide bonds. The normalized spacial score (nSPS) is 10.8. The van der Waals surface area contributed by atoms with Crippen LogP contribution in [0.25, 0.3) is 22.4 Å². The monoisotopic (exact) mass is 306 g/mol. The Morgan fingerprint density at radius 1 is 1.00 bits per heavy atom. The number of anilines is 1. The maximum Gasteiger partial charge on any atom is 0.230 e. The molecule has 0 radical (unpaired) electrons. The Bertz CT molecular complexity index is 780. The fraction of sp³-hybridized carbons (Fsp3) is 0. The highest BCUT2D eigenvalue weighted by Gasteiger charge is 2.22. The topological polar surface area (TPSA) is 52.0 Å². The number of nitrogens with two attached hydrogens (primary N) is 1. The maximum absolute atomic E-state index is 14.0. The van der Waals surface area contributed by atoms with Crippen LogP contribution in [-0.4, -0.2) is 5.16 Å². The highest BCUT2D eigenvalue weighted by molar-refractivity contribution is 6.33. The lowest BCUT2D eigenvalue weighted by atomic mass is 10.0. The molecule has 0 aliphatic carbocycles. The highest BCUT2D eigenvalue weighted by Crippen LogP contribution is 2.40. The highest BCUT2D eigenvalue weighted by atomic mass is 35.5. The molecule has 2 aromatic carbocycles. The predicted octanol–water partition coefficient (Wildman–Crippen LogP) is 4.52. The second-order valence-electron chi connectivity index (χ2n) is 4.37. The lowest BCUT2D eigenvalue weighted by Crippen LogP contribution is -1.91. The largest absolute Gasteiger partial charge is 0.367 e. The van der Waals surface area contributed by atoms with Crippen LogP contribution in [0.15, 0.2) is 47.0 Å². The van der Waals surface area contributed by atoms with Crippen LogP contribution in [0.1, 0.15) is 0 Å². The van der Waals surface area contributed by atoms with E-state index in [0.29, 0.717) is 11.1 Å². The van der Waals surface area contributed by atoms with Crippen LogP contribution in [0, 0.1) is 11.6 Å². The zero-order valence-electron chi connectivity index (χ0n) is 10.6. The average Bonchev–Trinajstić information content (AvgIpc) is 2.82. The van der Waals surface area contributed by atoms with E-state index in [-0.39, 0.29) is 28.0 Å². The van der Waals surface area contributed by atoms with E-state index in [9.17, 15) is 8.78 Å². The average molecular weight is 307 g/mol. The molecule has 0 unspecified atom stereocenters. The van der Waals surface area contributed by atoms with Crippen molar-refractivity contribution in [1.29, 1.82) is 0 Å². The third kappa shape index (κ3) is 2.36. The van der Waals surface area contributed by atoms with Crippen LogP contribution in [0.3, 0.4) is 0 Å². The minimum Gasteiger partial charge on any atom is -0.367 e. The van der Waals surface area contributed by atoms with E-state index < -0.39 is 5.82 Å². The van der Waals surface area contributed by atoms with Gasteiger partial charge >= 0.3 is 0 Å². The summed E-state index contributed by atoms with van der Waals surface area (Å²) in [4.78, 5) is 0. The summed E-state index contributed by atoms with van der Waals surface area (Å²) in [6, 6.07) is 9.86. The van der Waals surface area contributed by atoms with Crippen LogP contribution in [-0.2, 0) is 0 Å². The van der Waals surface area contributed by atoms with Crippen molar-refractivity contribution in [1.82, 2.24) is 5.16 Å². The minimum absolute atomic E-state index is 0.0101. The molecule has 0 fully saturated rings. The summed E-state index contributed by atoms with van der Waals surface area (Å²) in [5, 5.41) is 3.97. The van der Waals surface area contributed by atoms with Crippen molar-refractivity contribution >= 4 is 17.5 Å². The molecule has 2 N–H and O–H groups in total. The van der Waals surface area contributed by atoms with E-state index in [1.165, 1.54) is 36.4 Å². The first-order valence-electron chi connectivity index (χ1n) is 6.03. The number of nitrogen functional groups attached to an aromatic ring is 1. The van der Waals surface area contributed by atoms with E-state index in [4.69, 9.17) is 21.9 Å². The Morgan fingerprint density at radius 3 is 2.38 bits per heavy atom. The lowest BCUT2D eigenvalue weighted by molar-refractivity contribution is 0.439. The zero-order valence-corrected chi connectivity index (χ0v) is 11.4. The van der Waals surface area contributed by atoms with Gasteiger partial charge in [-0.15, -0.1) is 0 Å². The lowest BCUT2D eigenvalue weighted by Gasteiger charge is -2.06. The Morgan fingerprint density at radius 2 is 1.71 bits per heavy atom. The van der Waals surface area contributed by atoms with Crippen molar-refractivity contribution in [2.75, 3.05) is 5.73 Å². The Hall–Kier alpha value is -2.40. The third-order valence-electron chi connectivity index (χ3n) is 3.05. The molecule has 0 saturated heterocycles. The smallest absolute Gasteiger partial charge is 0.230 e. The summed E-state index contributed by atoms with van der Waals surface area (Å²) < 4.78 is 32.0. The summed E-state index contributed by atoms with van der Waals surface area (Å²) in [5.74, 6) is -0.922. The number of hydrogen-bond donors (Lipinski definition) is 1. The number of rotatable bonds is 2.